The third kappa shape index (κ3) is 2.82. The SMILES string of the molecule is CCCCc1cc(=O)oc2c(C)c(O)c(-c3ccnc(N)n3)cc12. The normalized spacial score (nSPS) is 11.1. The molecule has 0 fully saturated rings. The van der Waals surface area contributed by atoms with Gasteiger partial charge in [0.25, 0.3) is 0 Å². The van der Waals surface area contributed by atoms with Crippen molar-refractivity contribution >= 4 is 16.9 Å². The van der Waals surface area contributed by atoms with Crippen LogP contribution in [0.25, 0.3) is 22.2 Å². The first-order valence-electron chi connectivity index (χ1n) is 7.89. The minimum absolute atomic E-state index is 0.0244. The molecule has 0 bridgehead atoms. The van der Waals surface area contributed by atoms with Crippen molar-refractivity contribution in [2.45, 2.75) is 33.1 Å². The van der Waals surface area contributed by atoms with Crippen molar-refractivity contribution in [2.24, 2.45) is 0 Å². The molecule has 0 atom stereocenters. The summed E-state index contributed by atoms with van der Waals surface area (Å²) in [6.45, 7) is 3.82. The molecule has 24 heavy (non-hydrogen) atoms. The van der Waals surface area contributed by atoms with E-state index in [1.54, 1.807) is 25.3 Å². The number of aryl methyl sites for hydroxylation is 2. The predicted octanol–water partition coefficient (Wildman–Crippen LogP) is 3.19. The van der Waals surface area contributed by atoms with Crippen LogP contribution in [0.1, 0.15) is 30.9 Å². The molecule has 3 aromatic rings. The topological polar surface area (TPSA) is 102 Å². The van der Waals surface area contributed by atoms with Crippen LogP contribution in [-0.2, 0) is 6.42 Å². The predicted molar refractivity (Wildman–Crippen MR) is 92.9 cm³/mol. The average molecular weight is 325 g/mol. The maximum absolute atomic E-state index is 11.8. The number of unbranched alkanes of at least 4 members (excludes halogenated alkanes) is 1. The highest BCUT2D eigenvalue weighted by Gasteiger charge is 2.17. The number of fused-ring (bicyclic) bond motifs is 1. The zero-order valence-electron chi connectivity index (χ0n) is 13.7. The van der Waals surface area contributed by atoms with Gasteiger partial charge in [-0.1, -0.05) is 13.3 Å². The van der Waals surface area contributed by atoms with Gasteiger partial charge in [0, 0.05) is 28.8 Å². The first-order chi connectivity index (χ1) is 11.5. The third-order valence-corrected chi connectivity index (χ3v) is 4.07. The van der Waals surface area contributed by atoms with Crippen LogP contribution in [0, 0.1) is 6.92 Å². The lowest BCUT2D eigenvalue weighted by Crippen LogP contribution is -2.03. The average Bonchev–Trinajstić information content (AvgIpc) is 2.56. The summed E-state index contributed by atoms with van der Waals surface area (Å²) in [5, 5.41) is 11.3. The first-order valence-corrected chi connectivity index (χ1v) is 7.89. The lowest BCUT2D eigenvalue weighted by Gasteiger charge is -2.12. The van der Waals surface area contributed by atoms with Gasteiger partial charge in [0.2, 0.25) is 5.95 Å². The standard InChI is InChI=1S/C18H19N3O3/c1-3-4-5-11-8-15(22)24-17-10(2)16(23)13(9-12(11)17)14-6-7-20-18(19)21-14/h6-9,23H,3-5H2,1-2H3,(H2,19,20,21). The second-order valence-corrected chi connectivity index (χ2v) is 5.77. The van der Waals surface area contributed by atoms with E-state index in [4.69, 9.17) is 10.2 Å². The Hall–Kier alpha value is -2.89. The lowest BCUT2D eigenvalue weighted by molar-refractivity contribution is 0.470. The molecule has 0 aliphatic rings. The van der Waals surface area contributed by atoms with Crippen LogP contribution in [0.5, 0.6) is 5.75 Å². The Morgan fingerprint density at radius 3 is 2.83 bits per heavy atom. The summed E-state index contributed by atoms with van der Waals surface area (Å²) >= 11 is 0. The van der Waals surface area contributed by atoms with Gasteiger partial charge in [-0.3, -0.25) is 0 Å². The molecule has 2 heterocycles. The fourth-order valence-corrected chi connectivity index (χ4v) is 2.80. The minimum Gasteiger partial charge on any atom is -0.507 e. The Kier molecular flexibility index (Phi) is 4.20. The van der Waals surface area contributed by atoms with E-state index in [0.29, 0.717) is 22.4 Å². The third-order valence-electron chi connectivity index (χ3n) is 4.07. The summed E-state index contributed by atoms with van der Waals surface area (Å²) < 4.78 is 5.34. The molecule has 1 aromatic carbocycles. The Morgan fingerprint density at radius 2 is 2.12 bits per heavy atom. The van der Waals surface area contributed by atoms with E-state index in [1.165, 1.54) is 6.07 Å². The molecule has 6 heteroatoms. The van der Waals surface area contributed by atoms with E-state index < -0.39 is 5.63 Å². The quantitative estimate of drug-likeness (QED) is 0.714. The molecule has 6 nitrogen and oxygen atoms in total. The van der Waals surface area contributed by atoms with Gasteiger partial charge in [0.05, 0.1) is 5.69 Å². The van der Waals surface area contributed by atoms with Crippen LogP contribution >= 0.6 is 0 Å². The second kappa shape index (κ2) is 6.31. The summed E-state index contributed by atoms with van der Waals surface area (Å²) in [6.07, 6.45) is 4.30. The number of anilines is 1. The van der Waals surface area contributed by atoms with Crippen molar-refractivity contribution in [3.8, 4) is 17.0 Å². The maximum Gasteiger partial charge on any atom is 0.336 e. The molecule has 124 valence electrons. The van der Waals surface area contributed by atoms with Crippen molar-refractivity contribution in [3.63, 3.8) is 0 Å². The molecule has 0 saturated heterocycles. The maximum atomic E-state index is 11.8. The smallest absolute Gasteiger partial charge is 0.336 e. The number of nitrogen functional groups attached to an aromatic ring is 1. The Balaban J connectivity index is 2.31. The fraction of sp³-hybridized carbons (Fsp3) is 0.278. The Morgan fingerprint density at radius 1 is 1.33 bits per heavy atom. The van der Waals surface area contributed by atoms with Crippen molar-refractivity contribution in [3.05, 3.63) is 45.9 Å². The largest absolute Gasteiger partial charge is 0.507 e. The zero-order valence-corrected chi connectivity index (χ0v) is 13.7. The molecule has 2 aromatic heterocycles. The van der Waals surface area contributed by atoms with E-state index in [0.717, 1.165) is 30.2 Å². The molecule has 0 spiro atoms. The van der Waals surface area contributed by atoms with Gasteiger partial charge in [0.1, 0.15) is 11.3 Å². The van der Waals surface area contributed by atoms with E-state index in [9.17, 15) is 9.90 Å². The van der Waals surface area contributed by atoms with Crippen molar-refractivity contribution in [1.29, 1.82) is 0 Å². The number of aromatic nitrogens is 2. The van der Waals surface area contributed by atoms with Gasteiger partial charge in [0.15, 0.2) is 0 Å². The molecule has 3 rings (SSSR count). The summed E-state index contributed by atoms with van der Waals surface area (Å²) in [5.41, 5.74) is 8.14. The van der Waals surface area contributed by atoms with Gasteiger partial charge < -0.3 is 15.3 Å². The number of nitrogens with two attached hydrogens (primary N) is 1. The monoisotopic (exact) mass is 325 g/mol. The first kappa shape index (κ1) is 16.0. The zero-order chi connectivity index (χ0) is 17.3. The van der Waals surface area contributed by atoms with Gasteiger partial charge >= 0.3 is 5.63 Å². The summed E-state index contributed by atoms with van der Waals surface area (Å²) in [7, 11) is 0. The number of rotatable bonds is 4. The minimum atomic E-state index is -0.407. The van der Waals surface area contributed by atoms with Crippen LogP contribution in [0.15, 0.2) is 33.6 Å². The van der Waals surface area contributed by atoms with Crippen LogP contribution in [0.4, 0.5) is 5.95 Å². The molecule has 0 amide bonds. The molecule has 0 radical (unpaired) electrons. The highest BCUT2D eigenvalue weighted by atomic mass is 16.4. The van der Waals surface area contributed by atoms with Gasteiger partial charge in [-0.15, -0.1) is 0 Å². The Bertz CT molecular complexity index is 964. The summed E-state index contributed by atoms with van der Waals surface area (Å²) in [6, 6.07) is 5.00. The molecule has 3 N–H and O–H groups in total. The summed E-state index contributed by atoms with van der Waals surface area (Å²) in [5.74, 6) is 0.159. The van der Waals surface area contributed by atoms with E-state index in [2.05, 4.69) is 16.9 Å². The lowest BCUT2D eigenvalue weighted by atomic mass is 9.97. The van der Waals surface area contributed by atoms with Crippen LogP contribution in [0.2, 0.25) is 0 Å². The van der Waals surface area contributed by atoms with Crippen molar-refractivity contribution < 1.29 is 9.52 Å². The summed E-state index contributed by atoms with van der Waals surface area (Å²) in [4.78, 5) is 19.9. The van der Waals surface area contributed by atoms with Gasteiger partial charge in [-0.05, 0) is 37.5 Å². The number of phenolic OH excluding ortho intramolecular Hbond substituents is 1. The number of hydrogen-bond donors (Lipinski definition) is 2. The molecule has 0 saturated carbocycles. The second-order valence-electron chi connectivity index (χ2n) is 5.77. The number of aromatic hydroxyl groups is 1. The Labute approximate surface area is 139 Å². The van der Waals surface area contributed by atoms with E-state index in [1.807, 2.05) is 0 Å². The number of hydrogen-bond acceptors (Lipinski definition) is 6. The molecule has 0 unspecified atom stereocenters. The number of nitrogens with zero attached hydrogens (tertiary/aromatic N) is 2. The van der Waals surface area contributed by atoms with E-state index in [-0.39, 0.29) is 11.7 Å². The molecule has 0 aliphatic heterocycles. The number of phenols is 1. The highest BCUT2D eigenvalue weighted by Crippen LogP contribution is 2.37. The highest BCUT2D eigenvalue weighted by molar-refractivity contribution is 5.91. The molecular formula is C18H19N3O3. The van der Waals surface area contributed by atoms with Crippen LogP contribution in [-0.4, -0.2) is 15.1 Å². The van der Waals surface area contributed by atoms with E-state index >= 15 is 0 Å². The fourth-order valence-electron chi connectivity index (χ4n) is 2.80. The van der Waals surface area contributed by atoms with Gasteiger partial charge in [-0.2, -0.15) is 0 Å². The van der Waals surface area contributed by atoms with Crippen molar-refractivity contribution in [2.75, 3.05) is 5.73 Å². The molecular weight excluding hydrogens is 306 g/mol. The number of benzene rings is 1. The molecule has 0 aliphatic carbocycles. The van der Waals surface area contributed by atoms with Crippen LogP contribution in [0.3, 0.4) is 0 Å². The van der Waals surface area contributed by atoms with Crippen molar-refractivity contribution in [1.82, 2.24) is 9.97 Å². The van der Waals surface area contributed by atoms with Crippen LogP contribution < -0.4 is 11.4 Å². The van der Waals surface area contributed by atoms with Gasteiger partial charge in [-0.25, -0.2) is 14.8 Å².